The summed E-state index contributed by atoms with van der Waals surface area (Å²) >= 11 is 3.33. The van der Waals surface area contributed by atoms with Crippen LogP contribution in [0, 0.1) is 5.41 Å². The van der Waals surface area contributed by atoms with Crippen molar-refractivity contribution in [3.05, 3.63) is 0 Å². The van der Waals surface area contributed by atoms with Crippen LogP contribution >= 0.6 is 15.9 Å². The number of rotatable bonds is 4. The zero-order valence-corrected chi connectivity index (χ0v) is 8.96. The fourth-order valence-corrected chi connectivity index (χ4v) is 2.47. The van der Waals surface area contributed by atoms with Crippen molar-refractivity contribution < 1.29 is 8.78 Å². The van der Waals surface area contributed by atoms with Crippen molar-refractivity contribution in [3.8, 4) is 0 Å². The molecule has 1 rings (SSSR count). The molecule has 0 unspecified atom stereocenters. The SMILES string of the molecule is CCC(F)(F)CC1(CBr)CCC1. The van der Waals surface area contributed by atoms with E-state index >= 15 is 0 Å². The Labute approximate surface area is 80.9 Å². The van der Waals surface area contributed by atoms with E-state index in [0.29, 0.717) is 0 Å². The Morgan fingerprint density at radius 1 is 1.42 bits per heavy atom. The molecule has 0 aromatic rings. The van der Waals surface area contributed by atoms with Crippen LogP contribution in [0.5, 0.6) is 0 Å². The highest BCUT2D eigenvalue weighted by Gasteiger charge is 2.44. The van der Waals surface area contributed by atoms with Gasteiger partial charge in [-0.2, -0.15) is 0 Å². The lowest BCUT2D eigenvalue weighted by Crippen LogP contribution is -2.37. The molecule has 0 nitrogen and oxygen atoms in total. The van der Waals surface area contributed by atoms with E-state index in [-0.39, 0.29) is 18.3 Å². The maximum Gasteiger partial charge on any atom is 0.248 e. The van der Waals surface area contributed by atoms with Gasteiger partial charge >= 0.3 is 0 Å². The van der Waals surface area contributed by atoms with Crippen LogP contribution in [0.4, 0.5) is 8.78 Å². The number of hydrogen-bond donors (Lipinski definition) is 0. The molecule has 0 saturated heterocycles. The molecule has 0 heterocycles. The van der Waals surface area contributed by atoms with Crippen molar-refractivity contribution >= 4 is 15.9 Å². The lowest BCUT2D eigenvalue weighted by Gasteiger charge is -2.42. The second-order valence-electron chi connectivity index (χ2n) is 3.87. The van der Waals surface area contributed by atoms with E-state index < -0.39 is 5.92 Å². The molecule has 1 aliphatic carbocycles. The number of alkyl halides is 3. The van der Waals surface area contributed by atoms with Crippen molar-refractivity contribution in [3.63, 3.8) is 0 Å². The predicted octanol–water partition coefficient (Wildman–Crippen LogP) is 3.99. The minimum absolute atomic E-state index is 0.0260. The molecule has 0 bridgehead atoms. The molecule has 0 aromatic carbocycles. The number of hydrogen-bond acceptors (Lipinski definition) is 0. The second kappa shape index (κ2) is 3.60. The van der Waals surface area contributed by atoms with E-state index in [1.54, 1.807) is 6.92 Å². The van der Waals surface area contributed by atoms with Gasteiger partial charge < -0.3 is 0 Å². The van der Waals surface area contributed by atoms with Gasteiger partial charge in [-0.1, -0.05) is 29.3 Å². The third kappa shape index (κ3) is 2.18. The molecule has 1 fully saturated rings. The zero-order chi connectivity index (χ0) is 9.24. The fourth-order valence-electron chi connectivity index (χ4n) is 1.71. The summed E-state index contributed by atoms with van der Waals surface area (Å²) in [6.45, 7) is 1.56. The Balaban J connectivity index is 2.47. The van der Waals surface area contributed by atoms with E-state index in [2.05, 4.69) is 15.9 Å². The molecule has 1 aliphatic rings. The first-order chi connectivity index (χ1) is 5.54. The van der Waals surface area contributed by atoms with E-state index in [0.717, 1.165) is 24.6 Å². The Kier molecular flexibility index (Phi) is 3.13. The van der Waals surface area contributed by atoms with Crippen LogP contribution in [0.2, 0.25) is 0 Å². The van der Waals surface area contributed by atoms with Crippen LogP contribution in [0.25, 0.3) is 0 Å². The summed E-state index contributed by atoms with van der Waals surface area (Å²) in [4.78, 5) is 0. The van der Waals surface area contributed by atoms with Crippen molar-refractivity contribution in [1.29, 1.82) is 0 Å². The summed E-state index contributed by atoms with van der Waals surface area (Å²) in [6, 6.07) is 0. The van der Waals surface area contributed by atoms with Crippen molar-refractivity contribution in [1.82, 2.24) is 0 Å². The standard InChI is InChI=1S/C9H15BrF2/c1-2-9(11,12)6-8(7-10)4-3-5-8/h2-7H2,1H3. The summed E-state index contributed by atoms with van der Waals surface area (Å²) < 4.78 is 26.1. The highest BCUT2D eigenvalue weighted by Crippen LogP contribution is 2.49. The summed E-state index contributed by atoms with van der Waals surface area (Å²) in [5.74, 6) is -2.45. The molecule has 72 valence electrons. The summed E-state index contributed by atoms with van der Waals surface area (Å²) in [7, 11) is 0. The highest BCUT2D eigenvalue weighted by molar-refractivity contribution is 9.09. The molecule has 3 heteroatoms. The molecule has 0 spiro atoms. The highest BCUT2D eigenvalue weighted by atomic mass is 79.9. The largest absolute Gasteiger partial charge is 0.248 e. The molecule has 0 atom stereocenters. The van der Waals surface area contributed by atoms with Crippen LogP contribution in [0.3, 0.4) is 0 Å². The molecule has 0 aliphatic heterocycles. The lowest BCUT2D eigenvalue weighted by atomic mass is 9.67. The summed E-state index contributed by atoms with van der Waals surface area (Å²) in [5.41, 5.74) is -0.0838. The molecule has 1 saturated carbocycles. The molecule has 0 aromatic heterocycles. The predicted molar refractivity (Wildman–Crippen MR) is 49.9 cm³/mol. The monoisotopic (exact) mass is 240 g/mol. The topological polar surface area (TPSA) is 0 Å². The third-order valence-electron chi connectivity index (χ3n) is 2.85. The first-order valence-corrected chi connectivity index (χ1v) is 5.60. The van der Waals surface area contributed by atoms with E-state index in [1.807, 2.05) is 0 Å². The minimum atomic E-state index is -2.45. The van der Waals surface area contributed by atoms with Crippen molar-refractivity contribution in [2.24, 2.45) is 5.41 Å². The van der Waals surface area contributed by atoms with Gasteiger partial charge in [0, 0.05) is 18.2 Å². The summed E-state index contributed by atoms with van der Waals surface area (Å²) in [5, 5.41) is 0.732. The average molecular weight is 241 g/mol. The normalized spacial score (nSPS) is 22.0. The third-order valence-corrected chi connectivity index (χ3v) is 4.04. The Bertz CT molecular complexity index is 147. The minimum Gasteiger partial charge on any atom is -0.207 e. The molecule has 0 radical (unpaired) electrons. The quantitative estimate of drug-likeness (QED) is 0.653. The Morgan fingerprint density at radius 2 is 2.00 bits per heavy atom. The van der Waals surface area contributed by atoms with Crippen LogP contribution in [-0.2, 0) is 0 Å². The lowest BCUT2D eigenvalue weighted by molar-refractivity contribution is -0.0636. The maximum atomic E-state index is 13.0. The van der Waals surface area contributed by atoms with Crippen LogP contribution in [0.15, 0.2) is 0 Å². The molecule has 12 heavy (non-hydrogen) atoms. The van der Waals surface area contributed by atoms with Crippen molar-refractivity contribution in [2.75, 3.05) is 5.33 Å². The number of halogens is 3. The summed E-state index contributed by atoms with van der Waals surface area (Å²) in [6.07, 6.45) is 3.09. The van der Waals surface area contributed by atoms with E-state index in [4.69, 9.17) is 0 Å². The maximum absolute atomic E-state index is 13.0. The van der Waals surface area contributed by atoms with Crippen molar-refractivity contribution in [2.45, 2.75) is 45.0 Å². The Morgan fingerprint density at radius 3 is 2.25 bits per heavy atom. The van der Waals surface area contributed by atoms with Gasteiger partial charge in [0.1, 0.15) is 0 Å². The van der Waals surface area contributed by atoms with Gasteiger partial charge in [0.25, 0.3) is 0 Å². The second-order valence-corrected chi connectivity index (χ2v) is 4.43. The van der Waals surface area contributed by atoms with Crippen LogP contribution < -0.4 is 0 Å². The van der Waals surface area contributed by atoms with Gasteiger partial charge in [-0.25, -0.2) is 8.78 Å². The van der Waals surface area contributed by atoms with Gasteiger partial charge in [-0.3, -0.25) is 0 Å². The Hall–Kier alpha value is 0.340. The van der Waals surface area contributed by atoms with Crippen LogP contribution in [-0.4, -0.2) is 11.3 Å². The van der Waals surface area contributed by atoms with Gasteiger partial charge in [0.15, 0.2) is 0 Å². The molecule has 0 amide bonds. The van der Waals surface area contributed by atoms with Gasteiger partial charge in [-0.05, 0) is 18.3 Å². The molecular weight excluding hydrogens is 226 g/mol. The molecule has 0 N–H and O–H groups in total. The first-order valence-electron chi connectivity index (χ1n) is 4.47. The average Bonchev–Trinajstić information content (AvgIpc) is 1.97. The van der Waals surface area contributed by atoms with E-state index in [9.17, 15) is 8.78 Å². The smallest absolute Gasteiger partial charge is 0.207 e. The van der Waals surface area contributed by atoms with Gasteiger partial charge in [0.2, 0.25) is 5.92 Å². The van der Waals surface area contributed by atoms with Crippen LogP contribution in [0.1, 0.15) is 39.0 Å². The fraction of sp³-hybridized carbons (Fsp3) is 1.00. The first kappa shape index (κ1) is 10.4. The van der Waals surface area contributed by atoms with E-state index in [1.165, 1.54) is 0 Å². The van der Waals surface area contributed by atoms with Gasteiger partial charge in [0.05, 0.1) is 0 Å². The molecular formula is C9H15BrF2. The van der Waals surface area contributed by atoms with Gasteiger partial charge in [-0.15, -0.1) is 0 Å². The zero-order valence-electron chi connectivity index (χ0n) is 7.38.